The van der Waals surface area contributed by atoms with Gasteiger partial charge in [0.05, 0.1) is 5.69 Å². The summed E-state index contributed by atoms with van der Waals surface area (Å²) in [7, 11) is 4.02. The lowest BCUT2D eigenvalue weighted by Gasteiger charge is -2.14. The van der Waals surface area contributed by atoms with Crippen molar-refractivity contribution in [2.45, 2.75) is 19.3 Å². The summed E-state index contributed by atoms with van der Waals surface area (Å²) in [5, 5.41) is 5.82. The molecule has 0 unspecified atom stereocenters. The Morgan fingerprint density at radius 1 is 0.923 bits per heavy atom. The van der Waals surface area contributed by atoms with Crippen LogP contribution in [0.15, 0.2) is 65.9 Å². The van der Waals surface area contributed by atoms with Crippen LogP contribution in [0, 0.1) is 11.8 Å². The molecule has 26 heavy (non-hydrogen) atoms. The van der Waals surface area contributed by atoms with E-state index in [1.807, 2.05) is 62.6 Å². The van der Waals surface area contributed by atoms with Crippen molar-refractivity contribution in [3.8, 4) is 11.8 Å². The van der Waals surface area contributed by atoms with Crippen molar-refractivity contribution in [1.82, 2.24) is 5.32 Å². The molecule has 0 spiro atoms. The number of carbonyl (C=O) groups excluding carboxylic acids is 1. The second kappa shape index (κ2) is 8.26. The fourth-order valence-corrected chi connectivity index (χ4v) is 2.95. The Balaban J connectivity index is 1.74. The molecule has 0 saturated carbocycles. The second-order valence-electron chi connectivity index (χ2n) is 6.42. The molecule has 4 nitrogen and oxygen atoms in total. The summed E-state index contributed by atoms with van der Waals surface area (Å²) in [6.07, 6.45) is 2.76. The van der Waals surface area contributed by atoms with Crippen molar-refractivity contribution >= 4 is 17.4 Å². The van der Waals surface area contributed by atoms with Crippen molar-refractivity contribution in [2.75, 3.05) is 24.3 Å². The van der Waals surface area contributed by atoms with Crippen LogP contribution in [0.25, 0.3) is 0 Å². The van der Waals surface area contributed by atoms with Crippen LogP contribution in [-0.2, 0) is 0 Å². The molecule has 2 aromatic carbocycles. The Bertz CT molecular complexity index is 873. The average Bonchev–Trinajstić information content (AvgIpc) is 3.07. The molecule has 0 aliphatic heterocycles. The van der Waals surface area contributed by atoms with Gasteiger partial charge in [0.25, 0.3) is 0 Å². The first-order valence-corrected chi connectivity index (χ1v) is 8.77. The number of hydrogen-bond acceptors (Lipinski definition) is 2. The van der Waals surface area contributed by atoms with Gasteiger partial charge in [-0.05, 0) is 43.5 Å². The smallest absolute Gasteiger partial charge is 0.323 e. The van der Waals surface area contributed by atoms with Crippen LogP contribution in [0.5, 0.6) is 0 Å². The maximum absolute atomic E-state index is 12.2. The fourth-order valence-electron chi connectivity index (χ4n) is 2.95. The summed E-state index contributed by atoms with van der Waals surface area (Å²) >= 11 is 0. The molecule has 1 aliphatic rings. The van der Waals surface area contributed by atoms with Gasteiger partial charge in [-0.2, -0.15) is 0 Å². The van der Waals surface area contributed by atoms with E-state index in [0.29, 0.717) is 0 Å². The number of rotatable bonds is 3. The first kappa shape index (κ1) is 17.6. The van der Waals surface area contributed by atoms with Crippen LogP contribution in [0.2, 0.25) is 0 Å². The third-order valence-electron chi connectivity index (χ3n) is 4.25. The maximum atomic E-state index is 12.2. The van der Waals surface area contributed by atoms with E-state index in [2.05, 4.69) is 33.4 Å². The van der Waals surface area contributed by atoms with Gasteiger partial charge < -0.3 is 15.5 Å². The van der Waals surface area contributed by atoms with E-state index in [0.717, 1.165) is 47.5 Å². The van der Waals surface area contributed by atoms with Gasteiger partial charge in [0.2, 0.25) is 0 Å². The van der Waals surface area contributed by atoms with Gasteiger partial charge in [-0.25, -0.2) is 4.79 Å². The van der Waals surface area contributed by atoms with Gasteiger partial charge in [-0.1, -0.05) is 42.2 Å². The maximum Gasteiger partial charge on any atom is 0.323 e. The average molecular weight is 345 g/mol. The van der Waals surface area contributed by atoms with E-state index in [9.17, 15) is 4.79 Å². The summed E-state index contributed by atoms with van der Waals surface area (Å²) in [6.45, 7) is 0. The number of benzene rings is 2. The zero-order valence-electron chi connectivity index (χ0n) is 15.2. The number of allylic oxidation sites excluding steroid dienone is 2. The lowest BCUT2D eigenvalue weighted by Crippen LogP contribution is -2.28. The Hall–Kier alpha value is -3.19. The van der Waals surface area contributed by atoms with Crippen LogP contribution in [-0.4, -0.2) is 20.1 Å². The largest absolute Gasteiger partial charge is 0.377 e. The molecular weight excluding hydrogens is 322 g/mol. The van der Waals surface area contributed by atoms with Crippen molar-refractivity contribution in [3.63, 3.8) is 0 Å². The molecule has 132 valence electrons. The van der Waals surface area contributed by atoms with Gasteiger partial charge in [-0.3, -0.25) is 0 Å². The highest BCUT2D eigenvalue weighted by molar-refractivity contribution is 5.90. The lowest BCUT2D eigenvalue weighted by atomic mass is 10.1. The first-order chi connectivity index (χ1) is 12.6. The molecule has 2 N–H and O–H groups in total. The van der Waals surface area contributed by atoms with E-state index < -0.39 is 0 Å². The lowest BCUT2D eigenvalue weighted by molar-refractivity contribution is 0.254. The SMILES string of the molecule is CN(C)c1ccccc1C#CC1=C(NC(=O)Nc2ccccc2)CCC1. The van der Waals surface area contributed by atoms with Crippen molar-refractivity contribution in [3.05, 3.63) is 71.4 Å². The molecule has 2 amide bonds. The van der Waals surface area contributed by atoms with Crippen molar-refractivity contribution < 1.29 is 4.79 Å². The normalized spacial score (nSPS) is 13.0. The quantitative estimate of drug-likeness (QED) is 0.812. The number of nitrogens with zero attached hydrogens (tertiary/aromatic N) is 1. The van der Waals surface area contributed by atoms with Crippen LogP contribution in [0.3, 0.4) is 0 Å². The summed E-state index contributed by atoms with van der Waals surface area (Å²) < 4.78 is 0. The summed E-state index contributed by atoms with van der Waals surface area (Å²) in [4.78, 5) is 14.3. The third-order valence-corrected chi connectivity index (χ3v) is 4.25. The molecule has 0 radical (unpaired) electrons. The number of para-hydroxylation sites is 2. The molecule has 0 aromatic heterocycles. The Morgan fingerprint density at radius 2 is 1.65 bits per heavy atom. The number of nitrogens with one attached hydrogen (secondary N) is 2. The van der Waals surface area contributed by atoms with E-state index in [1.165, 1.54) is 0 Å². The van der Waals surface area contributed by atoms with Crippen LogP contribution in [0.4, 0.5) is 16.2 Å². The zero-order valence-corrected chi connectivity index (χ0v) is 15.2. The molecule has 2 aromatic rings. The van der Waals surface area contributed by atoms with Crippen LogP contribution < -0.4 is 15.5 Å². The standard InChI is InChI=1S/C22H23N3O/c1-25(2)21-14-7-6-9-18(21)16-15-17-10-8-13-20(17)24-22(26)23-19-11-4-3-5-12-19/h3-7,9,11-12,14H,8,10,13H2,1-2H3,(H2,23,24,26). The summed E-state index contributed by atoms with van der Waals surface area (Å²) in [5.74, 6) is 6.54. The van der Waals surface area contributed by atoms with Gasteiger partial charge >= 0.3 is 6.03 Å². The number of urea groups is 1. The summed E-state index contributed by atoms with van der Waals surface area (Å²) in [5.41, 5.74) is 4.80. The Labute approximate surface area is 154 Å². The van der Waals surface area contributed by atoms with Crippen LogP contribution >= 0.6 is 0 Å². The fraction of sp³-hybridized carbons (Fsp3) is 0.227. The van der Waals surface area contributed by atoms with Crippen LogP contribution in [0.1, 0.15) is 24.8 Å². The predicted octanol–water partition coefficient (Wildman–Crippen LogP) is 4.36. The molecule has 4 heteroatoms. The monoisotopic (exact) mass is 345 g/mol. The predicted molar refractivity (Wildman–Crippen MR) is 107 cm³/mol. The van der Waals surface area contributed by atoms with E-state index in [1.54, 1.807) is 0 Å². The molecule has 0 atom stereocenters. The van der Waals surface area contributed by atoms with Gasteiger partial charge in [0.1, 0.15) is 0 Å². The molecule has 3 rings (SSSR count). The Kier molecular flexibility index (Phi) is 5.60. The minimum Gasteiger partial charge on any atom is -0.377 e. The minimum atomic E-state index is -0.221. The topological polar surface area (TPSA) is 44.4 Å². The molecule has 0 bridgehead atoms. The summed E-state index contributed by atoms with van der Waals surface area (Å²) in [6, 6.07) is 17.3. The number of amides is 2. The number of hydrogen-bond donors (Lipinski definition) is 2. The van der Waals surface area contributed by atoms with Gasteiger partial charge in [0.15, 0.2) is 0 Å². The Morgan fingerprint density at radius 3 is 2.42 bits per heavy atom. The molecular formula is C22H23N3O. The highest BCUT2D eigenvalue weighted by atomic mass is 16.2. The van der Waals surface area contributed by atoms with Gasteiger partial charge in [0, 0.05) is 36.6 Å². The van der Waals surface area contributed by atoms with E-state index >= 15 is 0 Å². The molecule has 0 fully saturated rings. The highest BCUT2D eigenvalue weighted by Gasteiger charge is 2.15. The third kappa shape index (κ3) is 4.46. The van der Waals surface area contributed by atoms with Crippen molar-refractivity contribution in [1.29, 1.82) is 0 Å². The first-order valence-electron chi connectivity index (χ1n) is 8.77. The van der Waals surface area contributed by atoms with Crippen molar-refractivity contribution in [2.24, 2.45) is 0 Å². The second-order valence-corrected chi connectivity index (χ2v) is 6.42. The number of carbonyl (C=O) groups is 1. The molecule has 0 saturated heterocycles. The van der Waals surface area contributed by atoms with E-state index in [-0.39, 0.29) is 6.03 Å². The molecule has 1 aliphatic carbocycles. The van der Waals surface area contributed by atoms with E-state index in [4.69, 9.17) is 0 Å². The zero-order chi connectivity index (χ0) is 18.4. The highest BCUT2D eigenvalue weighted by Crippen LogP contribution is 2.24. The van der Waals surface area contributed by atoms with Gasteiger partial charge in [-0.15, -0.1) is 0 Å². The molecule has 0 heterocycles. The number of anilines is 2. The minimum absolute atomic E-state index is 0.221.